The lowest BCUT2D eigenvalue weighted by molar-refractivity contribution is -0.275. The molecule has 10 heteroatoms. The van der Waals surface area contributed by atoms with Crippen LogP contribution in [0.25, 0.3) is 0 Å². The molecule has 20 heavy (non-hydrogen) atoms. The van der Waals surface area contributed by atoms with Crippen LogP contribution in [0.5, 0.6) is 5.75 Å². The van der Waals surface area contributed by atoms with E-state index < -0.39 is 47.3 Å². The fourth-order valence-electron chi connectivity index (χ4n) is 1.30. The van der Waals surface area contributed by atoms with Gasteiger partial charge in [0.15, 0.2) is 5.75 Å². The molecular weight excluding hydrogens is 313 g/mol. The van der Waals surface area contributed by atoms with E-state index in [-0.39, 0.29) is 0 Å². The van der Waals surface area contributed by atoms with E-state index in [1.807, 2.05) is 0 Å². The lowest BCUT2D eigenvalue weighted by Crippen LogP contribution is -2.21. The second kappa shape index (κ2) is 6.21. The Balaban J connectivity index is 3.48. The van der Waals surface area contributed by atoms with Gasteiger partial charge in [0.25, 0.3) is 6.43 Å². The highest BCUT2D eigenvalue weighted by Crippen LogP contribution is 2.33. The van der Waals surface area contributed by atoms with Crippen LogP contribution in [0.1, 0.15) is 28.2 Å². The number of hydrogen-bond donors (Lipinski definition) is 0. The quantitative estimate of drug-likeness (QED) is 0.484. The normalized spacial score (nSPS) is 11.6. The third-order valence-electron chi connectivity index (χ3n) is 2.04. The van der Waals surface area contributed by atoms with Crippen molar-refractivity contribution in [2.24, 2.45) is 0 Å². The summed E-state index contributed by atoms with van der Waals surface area (Å²) < 4.78 is 69.8. The van der Waals surface area contributed by atoms with Crippen LogP contribution in [0.2, 0.25) is 0 Å². The highest BCUT2D eigenvalue weighted by atomic mass is 35.5. The minimum Gasteiger partial charge on any atom is -0.465 e. The predicted octanol–water partition coefficient (Wildman–Crippen LogP) is 3.44. The second-order valence-electron chi connectivity index (χ2n) is 3.34. The first-order chi connectivity index (χ1) is 9.19. The molecule has 0 aliphatic carbocycles. The van der Waals surface area contributed by atoms with Crippen molar-refractivity contribution in [3.8, 4) is 5.75 Å². The molecule has 1 aromatic heterocycles. The first-order valence-electron chi connectivity index (χ1n) is 4.91. The van der Waals surface area contributed by atoms with Crippen molar-refractivity contribution in [3.05, 3.63) is 23.0 Å². The molecule has 0 aliphatic heterocycles. The zero-order valence-corrected chi connectivity index (χ0v) is 10.6. The minimum atomic E-state index is -5.14. The number of pyridine rings is 1. The fraction of sp³-hybridized carbons (Fsp3) is 0.400. The number of hydrogen-bond acceptors (Lipinski definition) is 4. The molecule has 0 aromatic carbocycles. The van der Waals surface area contributed by atoms with Crippen LogP contribution in [0, 0.1) is 0 Å². The van der Waals surface area contributed by atoms with Crippen LogP contribution in [-0.2, 0) is 10.6 Å². The Hall–Kier alpha value is -1.64. The summed E-state index contributed by atoms with van der Waals surface area (Å²) in [6, 6.07) is 0.466. The molecule has 0 atom stereocenters. The van der Waals surface area contributed by atoms with Crippen molar-refractivity contribution in [2.75, 3.05) is 7.11 Å². The summed E-state index contributed by atoms with van der Waals surface area (Å²) in [4.78, 5) is 14.6. The van der Waals surface area contributed by atoms with Crippen LogP contribution in [0.15, 0.2) is 6.07 Å². The van der Waals surface area contributed by atoms with Crippen molar-refractivity contribution in [1.29, 1.82) is 0 Å². The molecule has 112 valence electrons. The Morgan fingerprint density at radius 2 is 2.05 bits per heavy atom. The Bertz CT molecular complexity index is 506. The van der Waals surface area contributed by atoms with E-state index in [1.54, 1.807) is 0 Å². The van der Waals surface area contributed by atoms with Gasteiger partial charge in [0.1, 0.15) is 11.3 Å². The van der Waals surface area contributed by atoms with Gasteiger partial charge in [-0.15, -0.1) is 24.8 Å². The van der Waals surface area contributed by atoms with Gasteiger partial charge in [-0.05, 0) is 6.07 Å². The molecule has 1 aromatic rings. The topological polar surface area (TPSA) is 48.4 Å². The number of rotatable bonds is 4. The molecule has 0 spiro atoms. The fourth-order valence-corrected chi connectivity index (χ4v) is 1.48. The van der Waals surface area contributed by atoms with Crippen LogP contribution in [0.4, 0.5) is 22.0 Å². The van der Waals surface area contributed by atoms with E-state index in [0.717, 1.165) is 7.11 Å². The number of carbonyl (C=O) groups is 1. The van der Waals surface area contributed by atoms with E-state index in [9.17, 15) is 26.7 Å². The third kappa shape index (κ3) is 3.92. The number of ether oxygens (including phenoxy) is 2. The van der Waals surface area contributed by atoms with Crippen LogP contribution in [-0.4, -0.2) is 24.4 Å². The maximum Gasteiger partial charge on any atom is 0.573 e. The summed E-state index contributed by atoms with van der Waals surface area (Å²) in [5.41, 5.74) is -2.37. The number of alkyl halides is 6. The van der Waals surface area contributed by atoms with Crippen LogP contribution < -0.4 is 4.74 Å². The Kier molecular flexibility index (Phi) is 5.09. The average molecular weight is 320 g/mol. The van der Waals surface area contributed by atoms with Gasteiger partial charge in [-0.2, -0.15) is 0 Å². The number of nitrogens with zero attached hydrogens (tertiary/aromatic N) is 1. The molecule has 4 nitrogen and oxygen atoms in total. The zero-order chi connectivity index (χ0) is 15.5. The van der Waals surface area contributed by atoms with Crippen molar-refractivity contribution < 1.29 is 36.2 Å². The van der Waals surface area contributed by atoms with Gasteiger partial charge in [0, 0.05) is 0 Å². The molecular formula is C10H7ClF5NO3. The number of halogens is 6. The first-order valence-corrected chi connectivity index (χ1v) is 5.45. The third-order valence-corrected chi connectivity index (χ3v) is 2.29. The van der Waals surface area contributed by atoms with E-state index in [0.29, 0.717) is 6.07 Å². The molecule has 0 aliphatic rings. The highest BCUT2D eigenvalue weighted by Gasteiger charge is 2.35. The van der Waals surface area contributed by atoms with Crippen molar-refractivity contribution in [3.63, 3.8) is 0 Å². The smallest absolute Gasteiger partial charge is 0.465 e. The van der Waals surface area contributed by atoms with Gasteiger partial charge in [-0.25, -0.2) is 18.6 Å². The van der Waals surface area contributed by atoms with Gasteiger partial charge < -0.3 is 9.47 Å². The zero-order valence-electron chi connectivity index (χ0n) is 9.80. The maximum absolute atomic E-state index is 12.6. The molecule has 1 heterocycles. The van der Waals surface area contributed by atoms with Crippen molar-refractivity contribution in [1.82, 2.24) is 4.98 Å². The van der Waals surface area contributed by atoms with Gasteiger partial charge in [0.2, 0.25) is 0 Å². The van der Waals surface area contributed by atoms with Gasteiger partial charge in [-0.1, -0.05) is 0 Å². The van der Waals surface area contributed by atoms with E-state index >= 15 is 0 Å². The lowest BCUT2D eigenvalue weighted by Gasteiger charge is -2.16. The van der Waals surface area contributed by atoms with Crippen LogP contribution in [0.3, 0.4) is 0 Å². The molecule has 0 amide bonds. The van der Waals surface area contributed by atoms with E-state index in [1.165, 1.54) is 0 Å². The molecule has 0 bridgehead atoms. The molecule has 0 saturated carbocycles. The number of methoxy groups -OCH3 is 1. The lowest BCUT2D eigenvalue weighted by atomic mass is 10.1. The Labute approximate surface area is 114 Å². The summed E-state index contributed by atoms with van der Waals surface area (Å²) in [6.45, 7) is 0. The molecule has 0 radical (unpaired) electrons. The van der Waals surface area contributed by atoms with Crippen molar-refractivity contribution >= 4 is 17.6 Å². The minimum absolute atomic E-state index is 0.466. The van der Waals surface area contributed by atoms with Crippen molar-refractivity contribution in [2.45, 2.75) is 18.7 Å². The molecule has 0 saturated heterocycles. The van der Waals surface area contributed by atoms with Gasteiger partial charge in [0.05, 0.1) is 18.7 Å². The standard InChI is InChI=1S/C10H7ClF5NO3/c1-19-9(18)4-2-5(8(12)13)17-6(3-11)7(4)20-10(14,15)16/h2,8H,3H2,1H3. The highest BCUT2D eigenvalue weighted by molar-refractivity contribution is 6.17. The maximum atomic E-state index is 12.6. The molecule has 0 fully saturated rings. The second-order valence-corrected chi connectivity index (χ2v) is 3.61. The predicted molar refractivity (Wildman–Crippen MR) is 56.8 cm³/mol. The average Bonchev–Trinajstić information content (AvgIpc) is 2.35. The molecule has 0 unspecified atom stereocenters. The summed E-state index contributed by atoms with van der Waals surface area (Å²) in [7, 11) is 0.878. The molecule has 0 N–H and O–H groups in total. The Morgan fingerprint density at radius 1 is 1.45 bits per heavy atom. The summed E-state index contributed by atoms with van der Waals surface area (Å²) >= 11 is 5.35. The van der Waals surface area contributed by atoms with E-state index in [2.05, 4.69) is 14.5 Å². The largest absolute Gasteiger partial charge is 0.573 e. The number of aromatic nitrogens is 1. The van der Waals surface area contributed by atoms with Crippen LogP contribution >= 0.6 is 11.6 Å². The number of esters is 1. The first kappa shape index (κ1) is 16.4. The molecule has 1 rings (SSSR count). The summed E-state index contributed by atoms with van der Waals surface area (Å²) in [5, 5.41) is 0. The summed E-state index contributed by atoms with van der Waals surface area (Å²) in [6.07, 6.45) is -8.24. The SMILES string of the molecule is COC(=O)c1cc(C(F)F)nc(CCl)c1OC(F)(F)F. The van der Waals surface area contributed by atoms with Gasteiger partial charge in [-0.3, -0.25) is 0 Å². The summed E-state index contributed by atoms with van der Waals surface area (Å²) in [5.74, 6) is -2.99. The Morgan fingerprint density at radius 3 is 2.45 bits per heavy atom. The van der Waals surface area contributed by atoms with E-state index in [4.69, 9.17) is 11.6 Å². The monoisotopic (exact) mass is 319 g/mol. The van der Waals surface area contributed by atoms with Gasteiger partial charge >= 0.3 is 12.3 Å². The number of carbonyl (C=O) groups excluding carboxylic acids is 1.